The topological polar surface area (TPSA) is 76.8 Å². The summed E-state index contributed by atoms with van der Waals surface area (Å²) in [6.45, 7) is 1.55. The van der Waals surface area contributed by atoms with Gasteiger partial charge in [-0.25, -0.2) is 4.98 Å². The predicted molar refractivity (Wildman–Crippen MR) is 160 cm³/mol. The van der Waals surface area contributed by atoms with Crippen molar-refractivity contribution in [2.75, 3.05) is 13.1 Å². The molecule has 0 aliphatic carbocycles. The van der Waals surface area contributed by atoms with Gasteiger partial charge in [-0.1, -0.05) is 59.8 Å². The maximum atomic E-state index is 13.2. The largest absolute Gasteiger partial charge is 0.337 e. The molecule has 0 radical (unpaired) electrons. The average Bonchev–Trinajstić information content (AvgIpc) is 3.65. The van der Waals surface area contributed by atoms with Gasteiger partial charge in [-0.2, -0.15) is 0 Å². The Hall–Kier alpha value is -3.53. The number of thiazole rings is 1. The van der Waals surface area contributed by atoms with Gasteiger partial charge in [0.1, 0.15) is 10.7 Å². The summed E-state index contributed by atoms with van der Waals surface area (Å²) in [4.78, 5) is 24.1. The molecule has 40 heavy (non-hydrogen) atoms. The number of hydrogen-bond acceptors (Lipinski definition) is 7. The first-order valence-corrected chi connectivity index (χ1v) is 15.4. The van der Waals surface area contributed by atoms with Crippen molar-refractivity contribution in [3.8, 4) is 17.1 Å². The van der Waals surface area contributed by atoms with Gasteiger partial charge in [0, 0.05) is 41.4 Å². The highest BCUT2D eigenvalue weighted by molar-refractivity contribution is 7.98. The zero-order valence-electron chi connectivity index (χ0n) is 21.7. The Morgan fingerprint density at radius 3 is 2.65 bits per heavy atom. The van der Waals surface area contributed by atoms with Crippen molar-refractivity contribution in [2.24, 2.45) is 5.92 Å². The first-order valence-electron chi connectivity index (χ1n) is 13.2. The molecule has 1 aliphatic rings. The molecule has 7 nitrogen and oxygen atoms in total. The summed E-state index contributed by atoms with van der Waals surface area (Å²) in [5, 5.41) is 13.0. The van der Waals surface area contributed by atoms with Gasteiger partial charge in [0.05, 0.1) is 11.4 Å². The standard InChI is InChI=1S/C30H27ClN6OS2/c31-24-9-4-10-25(17-24)37-28(23-8-5-13-32-18-23)34-35-30(37)40-20-27-33-26(19-39-27)29(38)36-14-11-22(12-15-36)16-21-6-2-1-3-7-21/h1-10,13,17-19,22H,11-12,14-16,20H2. The minimum absolute atomic E-state index is 0.0200. The fourth-order valence-corrected chi connectivity index (χ4v) is 6.87. The van der Waals surface area contributed by atoms with Crippen LogP contribution >= 0.6 is 34.7 Å². The van der Waals surface area contributed by atoms with E-state index in [1.54, 1.807) is 12.4 Å². The van der Waals surface area contributed by atoms with Gasteiger partial charge in [0.15, 0.2) is 11.0 Å². The molecular weight excluding hydrogens is 560 g/mol. The minimum atomic E-state index is 0.0200. The number of thioether (sulfide) groups is 1. The second-order valence-electron chi connectivity index (χ2n) is 9.70. The lowest BCUT2D eigenvalue weighted by atomic mass is 9.90. The second kappa shape index (κ2) is 12.3. The summed E-state index contributed by atoms with van der Waals surface area (Å²) >= 11 is 9.34. The maximum absolute atomic E-state index is 13.2. The van der Waals surface area contributed by atoms with Crippen molar-refractivity contribution in [1.82, 2.24) is 29.6 Å². The van der Waals surface area contributed by atoms with Crippen molar-refractivity contribution in [2.45, 2.75) is 30.2 Å². The highest BCUT2D eigenvalue weighted by Gasteiger charge is 2.25. The quantitative estimate of drug-likeness (QED) is 0.186. The average molecular weight is 587 g/mol. The molecule has 2 aromatic carbocycles. The molecule has 10 heteroatoms. The summed E-state index contributed by atoms with van der Waals surface area (Å²) < 4.78 is 1.98. The third-order valence-electron chi connectivity index (χ3n) is 6.98. The number of rotatable bonds is 8. The molecular formula is C30H27ClN6OS2. The molecule has 202 valence electrons. The fraction of sp³-hybridized carbons (Fsp3) is 0.233. The van der Waals surface area contributed by atoms with Crippen LogP contribution in [0.3, 0.4) is 0 Å². The van der Waals surface area contributed by atoms with Gasteiger partial charge >= 0.3 is 0 Å². The summed E-state index contributed by atoms with van der Waals surface area (Å²) in [5.41, 5.74) is 3.61. The zero-order chi connectivity index (χ0) is 27.3. The number of carbonyl (C=O) groups excluding carboxylic acids is 1. The van der Waals surface area contributed by atoms with Crippen molar-refractivity contribution in [3.63, 3.8) is 0 Å². The number of likely N-dealkylation sites (tertiary alicyclic amines) is 1. The van der Waals surface area contributed by atoms with E-state index in [1.165, 1.54) is 28.7 Å². The first kappa shape index (κ1) is 26.7. The summed E-state index contributed by atoms with van der Waals surface area (Å²) in [6, 6.07) is 22.0. The number of pyridine rings is 1. The van der Waals surface area contributed by atoms with Crippen LogP contribution in [0.1, 0.15) is 33.9 Å². The molecule has 3 aromatic heterocycles. The number of halogens is 1. The Bertz CT molecular complexity index is 1580. The number of nitrogens with zero attached hydrogens (tertiary/aromatic N) is 6. The monoisotopic (exact) mass is 586 g/mol. The first-order chi connectivity index (χ1) is 19.6. The number of amides is 1. The lowest BCUT2D eigenvalue weighted by molar-refractivity contribution is 0.0685. The molecule has 1 aliphatic heterocycles. The van der Waals surface area contributed by atoms with Crippen LogP contribution in [0, 0.1) is 5.92 Å². The molecule has 1 fully saturated rings. The van der Waals surface area contributed by atoms with Crippen LogP contribution in [0.25, 0.3) is 17.1 Å². The summed E-state index contributed by atoms with van der Waals surface area (Å²) in [6.07, 6.45) is 6.61. The highest BCUT2D eigenvalue weighted by Crippen LogP contribution is 2.31. The molecule has 4 heterocycles. The minimum Gasteiger partial charge on any atom is -0.337 e. The Labute approximate surface area is 246 Å². The summed E-state index contributed by atoms with van der Waals surface area (Å²) in [7, 11) is 0. The van der Waals surface area contributed by atoms with E-state index in [1.807, 2.05) is 51.2 Å². The maximum Gasteiger partial charge on any atom is 0.273 e. The van der Waals surface area contributed by atoms with E-state index >= 15 is 0 Å². The van der Waals surface area contributed by atoms with Gasteiger partial charge in [0.25, 0.3) is 5.91 Å². The molecule has 0 atom stereocenters. The lowest BCUT2D eigenvalue weighted by Crippen LogP contribution is -2.39. The van der Waals surface area contributed by atoms with Crippen molar-refractivity contribution in [1.29, 1.82) is 0 Å². The third kappa shape index (κ3) is 6.11. The molecule has 5 aromatic rings. The number of benzene rings is 2. The van der Waals surface area contributed by atoms with E-state index in [2.05, 4.69) is 50.5 Å². The third-order valence-corrected chi connectivity index (χ3v) is 9.19. The number of aromatic nitrogens is 5. The number of hydrogen-bond donors (Lipinski definition) is 0. The molecule has 1 amide bonds. The van der Waals surface area contributed by atoms with Crippen LogP contribution in [0.15, 0.2) is 89.7 Å². The smallest absolute Gasteiger partial charge is 0.273 e. The van der Waals surface area contributed by atoms with E-state index in [0.717, 1.165) is 48.6 Å². The molecule has 6 rings (SSSR count). The van der Waals surface area contributed by atoms with Crippen LogP contribution < -0.4 is 0 Å². The second-order valence-corrected chi connectivity index (χ2v) is 12.0. The molecule has 0 bridgehead atoms. The normalized spacial score (nSPS) is 14.0. The van der Waals surface area contributed by atoms with Crippen LogP contribution in [0.5, 0.6) is 0 Å². The Balaban J connectivity index is 1.12. The van der Waals surface area contributed by atoms with Crippen LogP contribution in [-0.4, -0.2) is 48.6 Å². The Kier molecular flexibility index (Phi) is 8.22. The van der Waals surface area contributed by atoms with Crippen molar-refractivity contribution in [3.05, 3.63) is 106 Å². The van der Waals surface area contributed by atoms with Crippen molar-refractivity contribution < 1.29 is 4.79 Å². The molecule has 0 spiro atoms. The zero-order valence-corrected chi connectivity index (χ0v) is 24.1. The van der Waals surface area contributed by atoms with E-state index in [4.69, 9.17) is 11.6 Å². The van der Waals surface area contributed by atoms with Crippen LogP contribution in [-0.2, 0) is 12.2 Å². The number of piperidine rings is 1. The Morgan fingerprint density at radius 1 is 1.02 bits per heavy atom. The van der Waals surface area contributed by atoms with Gasteiger partial charge in [-0.15, -0.1) is 21.5 Å². The van der Waals surface area contributed by atoms with Gasteiger partial charge in [0.2, 0.25) is 0 Å². The Morgan fingerprint density at radius 2 is 1.88 bits per heavy atom. The SMILES string of the molecule is O=C(c1csc(CSc2nnc(-c3cccnc3)n2-c2cccc(Cl)c2)n1)N1CCC(Cc2ccccc2)CC1. The van der Waals surface area contributed by atoms with Crippen molar-refractivity contribution >= 4 is 40.6 Å². The van der Waals surface area contributed by atoms with E-state index in [9.17, 15) is 4.79 Å². The number of carbonyl (C=O) groups is 1. The molecule has 0 saturated carbocycles. The van der Waals surface area contributed by atoms with Gasteiger partial charge < -0.3 is 4.90 Å². The lowest BCUT2D eigenvalue weighted by Gasteiger charge is -2.31. The van der Waals surface area contributed by atoms with E-state index in [0.29, 0.717) is 33.4 Å². The van der Waals surface area contributed by atoms with E-state index in [-0.39, 0.29) is 5.91 Å². The predicted octanol–water partition coefficient (Wildman–Crippen LogP) is 6.83. The molecule has 0 unspecified atom stereocenters. The fourth-order valence-electron chi connectivity index (χ4n) is 4.94. The summed E-state index contributed by atoms with van der Waals surface area (Å²) in [5.74, 6) is 1.89. The van der Waals surface area contributed by atoms with E-state index < -0.39 is 0 Å². The van der Waals surface area contributed by atoms with Crippen LogP contribution in [0.4, 0.5) is 0 Å². The molecule has 1 saturated heterocycles. The van der Waals surface area contributed by atoms with Gasteiger partial charge in [-0.05, 0) is 61.1 Å². The highest BCUT2D eigenvalue weighted by atomic mass is 35.5. The molecule has 0 N–H and O–H groups in total. The van der Waals surface area contributed by atoms with Crippen LogP contribution in [0.2, 0.25) is 5.02 Å². The van der Waals surface area contributed by atoms with Gasteiger partial charge in [-0.3, -0.25) is 14.3 Å².